The first-order chi connectivity index (χ1) is 5.65. The fourth-order valence-electron chi connectivity index (χ4n) is 1.03. The van der Waals surface area contributed by atoms with Gasteiger partial charge >= 0.3 is 0 Å². The summed E-state index contributed by atoms with van der Waals surface area (Å²) in [5.41, 5.74) is 2.01. The first-order valence-corrected chi connectivity index (χ1v) is 5.06. The van der Waals surface area contributed by atoms with Crippen molar-refractivity contribution in [2.24, 2.45) is 0 Å². The normalized spacial score (nSPS) is 13.0. The fourth-order valence-corrected chi connectivity index (χ4v) is 1.57. The molecule has 0 saturated carbocycles. The zero-order chi connectivity index (χ0) is 9.14. The summed E-state index contributed by atoms with van der Waals surface area (Å²) in [5.74, 6) is 0. The first-order valence-electron chi connectivity index (χ1n) is 3.83. The van der Waals surface area contributed by atoms with Crippen molar-refractivity contribution in [3.8, 4) is 0 Å². The Morgan fingerprint density at radius 2 is 2.25 bits per heavy atom. The lowest BCUT2D eigenvalue weighted by atomic mass is 10.1. The molecule has 1 heterocycles. The Kier molecular flexibility index (Phi) is 3.12. The standard InChI is InChI=1S/C9H13NOS/c1-6-4-8(7(2)11)5-10-9(6)12-3/h4-5,7,11H,1-3H3. The Labute approximate surface area is 77.0 Å². The predicted octanol–water partition coefficient (Wildman–Crippen LogP) is 2.17. The van der Waals surface area contributed by atoms with E-state index in [0.717, 1.165) is 16.2 Å². The summed E-state index contributed by atoms with van der Waals surface area (Å²) in [6, 6.07) is 1.98. The van der Waals surface area contributed by atoms with Gasteiger partial charge in [-0.25, -0.2) is 4.98 Å². The van der Waals surface area contributed by atoms with E-state index < -0.39 is 6.10 Å². The SMILES string of the molecule is CSc1ncc(C(C)O)cc1C. The zero-order valence-corrected chi connectivity index (χ0v) is 8.35. The van der Waals surface area contributed by atoms with E-state index in [1.54, 1.807) is 24.9 Å². The Morgan fingerprint density at radius 3 is 2.67 bits per heavy atom. The third-order valence-electron chi connectivity index (χ3n) is 1.73. The van der Waals surface area contributed by atoms with Gasteiger partial charge in [0.15, 0.2) is 0 Å². The summed E-state index contributed by atoms with van der Waals surface area (Å²) < 4.78 is 0. The molecule has 0 spiro atoms. The minimum Gasteiger partial charge on any atom is -0.389 e. The average molecular weight is 183 g/mol. The quantitative estimate of drug-likeness (QED) is 0.713. The molecule has 12 heavy (non-hydrogen) atoms. The largest absolute Gasteiger partial charge is 0.389 e. The van der Waals surface area contributed by atoms with E-state index in [0.29, 0.717) is 0 Å². The van der Waals surface area contributed by atoms with Crippen molar-refractivity contribution in [1.29, 1.82) is 0 Å². The molecule has 0 radical (unpaired) electrons. The molecule has 1 N–H and O–H groups in total. The van der Waals surface area contributed by atoms with Gasteiger partial charge in [0.1, 0.15) is 0 Å². The number of aromatic nitrogens is 1. The monoisotopic (exact) mass is 183 g/mol. The molecule has 1 aromatic heterocycles. The molecule has 0 bridgehead atoms. The Hall–Kier alpha value is -0.540. The van der Waals surface area contributed by atoms with Gasteiger partial charge in [-0.05, 0) is 37.3 Å². The fraction of sp³-hybridized carbons (Fsp3) is 0.444. The van der Waals surface area contributed by atoms with Gasteiger partial charge in [0, 0.05) is 6.20 Å². The lowest BCUT2D eigenvalue weighted by Crippen LogP contribution is -1.94. The summed E-state index contributed by atoms with van der Waals surface area (Å²) in [4.78, 5) is 4.22. The highest BCUT2D eigenvalue weighted by molar-refractivity contribution is 7.98. The number of thioether (sulfide) groups is 1. The molecule has 0 aromatic carbocycles. The maximum Gasteiger partial charge on any atom is 0.0986 e. The maximum atomic E-state index is 9.26. The van der Waals surface area contributed by atoms with Crippen LogP contribution in [0.4, 0.5) is 0 Å². The molecule has 1 rings (SSSR count). The van der Waals surface area contributed by atoms with E-state index in [-0.39, 0.29) is 0 Å². The van der Waals surface area contributed by atoms with Crippen LogP contribution in [0.1, 0.15) is 24.2 Å². The van der Waals surface area contributed by atoms with E-state index in [4.69, 9.17) is 0 Å². The summed E-state index contributed by atoms with van der Waals surface area (Å²) in [5, 5.41) is 10.3. The molecule has 1 aromatic rings. The van der Waals surface area contributed by atoms with Crippen LogP contribution in [0, 0.1) is 6.92 Å². The molecule has 1 unspecified atom stereocenters. The molecule has 0 aliphatic heterocycles. The minimum absolute atomic E-state index is 0.424. The van der Waals surface area contributed by atoms with Gasteiger partial charge in [-0.1, -0.05) is 0 Å². The van der Waals surface area contributed by atoms with E-state index in [1.165, 1.54) is 0 Å². The highest BCUT2D eigenvalue weighted by Crippen LogP contribution is 2.20. The number of hydrogen-bond donors (Lipinski definition) is 1. The Bertz CT molecular complexity index is 273. The van der Waals surface area contributed by atoms with E-state index in [9.17, 15) is 5.11 Å². The molecule has 66 valence electrons. The van der Waals surface area contributed by atoms with Crippen LogP contribution in [0.3, 0.4) is 0 Å². The smallest absolute Gasteiger partial charge is 0.0986 e. The summed E-state index contributed by atoms with van der Waals surface area (Å²) in [7, 11) is 0. The number of rotatable bonds is 2. The second kappa shape index (κ2) is 3.92. The highest BCUT2D eigenvalue weighted by Gasteiger charge is 2.03. The van der Waals surface area contributed by atoms with Crippen LogP contribution in [-0.4, -0.2) is 16.3 Å². The second-order valence-electron chi connectivity index (χ2n) is 2.77. The van der Waals surface area contributed by atoms with Crippen LogP contribution >= 0.6 is 11.8 Å². The van der Waals surface area contributed by atoms with Crippen LogP contribution < -0.4 is 0 Å². The minimum atomic E-state index is -0.424. The third kappa shape index (κ3) is 1.99. The first kappa shape index (κ1) is 9.55. The van der Waals surface area contributed by atoms with E-state index >= 15 is 0 Å². The molecule has 0 saturated heterocycles. The molecular formula is C9H13NOS. The zero-order valence-electron chi connectivity index (χ0n) is 7.53. The maximum absolute atomic E-state index is 9.26. The Balaban J connectivity index is 3.02. The Morgan fingerprint density at radius 1 is 1.58 bits per heavy atom. The molecule has 2 nitrogen and oxygen atoms in total. The van der Waals surface area contributed by atoms with Crippen molar-refractivity contribution < 1.29 is 5.11 Å². The van der Waals surface area contributed by atoms with E-state index in [2.05, 4.69) is 4.98 Å². The highest BCUT2D eigenvalue weighted by atomic mass is 32.2. The average Bonchev–Trinajstić information content (AvgIpc) is 2.04. The number of hydrogen-bond acceptors (Lipinski definition) is 3. The van der Waals surface area contributed by atoms with Crippen LogP contribution in [0.5, 0.6) is 0 Å². The van der Waals surface area contributed by atoms with Crippen molar-refractivity contribution in [3.63, 3.8) is 0 Å². The van der Waals surface area contributed by atoms with Crippen molar-refractivity contribution >= 4 is 11.8 Å². The van der Waals surface area contributed by atoms with Crippen LogP contribution in [0.25, 0.3) is 0 Å². The summed E-state index contributed by atoms with van der Waals surface area (Å²) >= 11 is 1.62. The second-order valence-corrected chi connectivity index (χ2v) is 3.57. The van der Waals surface area contributed by atoms with Crippen molar-refractivity contribution in [2.45, 2.75) is 25.0 Å². The number of nitrogens with zero attached hydrogens (tertiary/aromatic N) is 1. The molecule has 0 aliphatic rings. The van der Waals surface area contributed by atoms with Gasteiger partial charge in [-0.3, -0.25) is 0 Å². The summed E-state index contributed by atoms with van der Waals surface area (Å²) in [6.07, 6.45) is 3.30. The van der Waals surface area contributed by atoms with Crippen molar-refractivity contribution in [3.05, 3.63) is 23.4 Å². The lowest BCUT2D eigenvalue weighted by Gasteiger charge is -2.06. The van der Waals surface area contributed by atoms with Gasteiger partial charge in [-0.2, -0.15) is 0 Å². The van der Waals surface area contributed by atoms with Crippen molar-refractivity contribution in [1.82, 2.24) is 4.98 Å². The molecular weight excluding hydrogens is 170 g/mol. The predicted molar refractivity (Wildman–Crippen MR) is 51.4 cm³/mol. The van der Waals surface area contributed by atoms with Gasteiger partial charge in [0.25, 0.3) is 0 Å². The number of aliphatic hydroxyl groups excluding tert-OH is 1. The number of pyridine rings is 1. The molecule has 0 fully saturated rings. The van der Waals surface area contributed by atoms with Gasteiger partial charge < -0.3 is 5.11 Å². The van der Waals surface area contributed by atoms with Crippen molar-refractivity contribution in [2.75, 3.05) is 6.26 Å². The molecule has 0 aliphatic carbocycles. The van der Waals surface area contributed by atoms with Crippen LogP contribution in [0.2, 0.25) is 0 Å². The third-order valence-corrected chi connectivity index (χ3v) is 2.54. The van der Waals surface area contributed by atoms with Gasteiger partial charge in [-0.15, -0.1) is 11.8 Å². The van der Waals surface area contributed by atoms with Crippen LogP contribution in [-0.2, 0) is 0 Å². The topological polar surface area (TPSA) is 33.1 Å². The molecule has 1 atom stereocenters. The number of aryl methyl sites for hydroxylation is 1. The van der Waals surface area contributed by atoms with Gasteiger partial charge in [0.2, 0.25) is 0 Å². The number of aliphatic hydroxyl groups is 1. The lowest BCUT2D eigenvalue weighted by molar-refractivity contribution is 0.198. The van der Waals surface area contributed by atoms with Crippen LogP contribution in [0.15, 0.2) is 17.3 Å². The summed E-state index contributed by atoms with van der Waals surface area (Å²) in [6.45, 7) is 3.75. The van der Waals surface area contributed by atoms with E-state index in [1.807, 2.05) is 19.2 Å². The molecule has 3 heteroatoms. The van der Waals surface area contributed by atoms with Gasteiger partial charge in [0.05, 0.1) is 11.1 Å². The molecule has 0 amide bonds.